The highest BCUT2D eigenvalue weighted by Gasteiger charge is 2.32. The van der Waals surface area contributed by atoms with Crippen molar-refractivity contribution in [1.82, 2.24) is 4.98 Å². The largest absolute Gasteiger partial charge is 0.392 e. The Hall–Kier alpha value is -1.43. The summed E-state index contributed by atoms with van der Waals surface area (Å²) in [6.07, 6.45) is 1.49. The number of benzene rings is 1. The van der Waals surface area contributed by atoms with Crippen LogP contribution in [-0.2, 0) is 16.4 Å². The van der Waals surface area contributed by atoms with E-state index < -0.39 is 14.6 Å². The van der Waals surface area contributed by atoms with Crippen LogP contribution in [-0.4, -0.2) is 23.3 Å². The van der Waals surface area contributed by atoms with Crippen molar-refractivity contribution in [2.75, 3.05) is 0 Å². The van der Waals surface area contributed by atoms with Crippen molar-refractivity contribution in [3.05, 3.63) is 47.1 Å². The van der Waals surface area contributed by atoms with E-state index in [0.29, 0.717) is 16.1 Å². The Morgan fingerprint density at radius 1 is 1.18 bits per heavy atom. The van der Waals surface area contributed by atoms with Crippen LogP contribution in [0.15, 0.2) is 41.6 Å². The summed E-state index contributed by atoms with van der Waals surface area (Å²) < 4.78 is 23.8. The molecular formula is C16H18ClNO3S. The van der Waals surface area contributed by atoms with Crippen LogP contribution in [0.1, 0.15) is 26.3 Å². The van der Waals surface area contributed by atoms with Crippen LogP contribution in [0.4, 0.5) is 0 Å². The lowest BCUT2D eigenvalue weighted by Gasteiger charge is -2.18. The number of aliphatic hydroxyl groups excluding tert-OH is 1. The van der Waals surface area contributed by atoms with Gasteiger partial charge in [0, 0.05) is 22.3 Å². The van der Waals surface area contributed by atoms with E-state index in [2.05, 4.69) is 4.98 Å². The molecule has 1 heterocycles. The van der Waals surface area contributed by atoms with E-state index in [9.17, 15) is 13.5 Å². The molecule has 1 aromatic carbocycles. The summed E-state index contributed by atoms with van der Waals surface area (Å²) in [6.45, 7) is 4.72. The first-order valence-corrected chi connectivity index (χ1v) is 8.64. The van der Waals surface area contributed by atoms with Gasteiger partial charge in [0.25, 0.3) is 0 Å². The van der Waals surface area contributed by atoms with Gasteiger partial charge in [-0.2, -0.15) is 0 Å². The predicted octanol–water partition coefficient (Wildman–Crippen LogP) is 3.47. The zero-order valence-electron chi connectivity index (χ0n) is 12.7. The smallest absolute Gasteiger partial charge is 0.200 e. The summed E-state index contributed by atoms with van der Waals surface area (Å²) >= 11 is 6.07. The minimum atomic E-state index is -3.49. The number of aromatic nitrogens is 1. The molecule has 2 rings (SSSR count). The van der Waals surface area contributed by atoms with E-state index in [1.54, 1.807) is 39.0 Å². The number of hydrogen-bond acceptors (Lipinski definition) is 4. The molecule has 0 radical (unpaired) electrons. The lowest BCUT2D eigenvalue weighted by molar-refractivity contribution is 0.282. The van der Waals surface area contributed by atoms with Crippen LogP contribution in [0.5, 0.6) is 0 Å². The summed E-state index contributed by atoms with van der Waals surface area (Å²) in [7, 11) is -3.49. The van der Waals surface area contributed by atoms with Crippen LogP contribution in [0, 0.1) is 0 Å². The minimum Gasteiger partial charge on any atom is -0.392 e. The summed E-state index contributed by atoms with van der Waals surface area (Å²) in [5, 5.41) is 9.95. The number of rotatable bonds is 3. The van der Waals surface area contributed by atoms with E-state index in [1.165, 1.54) is 12.3 Å². The van der Waals surface area contributed by atoms with Crippen LogP contribution < -0.4 is 0 Å². The predicted molar refractivity (Wildman–Crippen MR) is 87.5 cm³/mol. The highest BCUT2D eigenvalue weighted by atomic mass is 35.5. The van der Waals surface area contributed by atoms with Gasteiger partial charge in [0.15, 0.2) is 14.9 Å². The summed E-state index contributed by atoms with van der Waals surface area (Å²) in [6, 6.07) is 8.44. The van der Waals surface area contributed by atoms with Crippen molar-refractivity contribution in [2.24, 2.45) is 0 Å². The Bertz CT molecular complexity index is 778. The fourth-order valence-electron chi connectivity index (χ4n) is 2.00. The molecule has 118 valence electrons. The van der Waals surface area contributed by atoms with Crippen LogP contribution in [0.25, 0.3) is 11.1 Å². The van der Waals surface area contributed by atoms with E-state index in [0.717, 1.165) is 5.56 Å². The number of nitrogens with zero attached hydrogens (tertiary/aromatic N) is 1. The zero-order valence-corrected chi connectivity index (χ0v) is 14.2. The first kappa shape index (κ1) is 16.9. The van der Waals surface area contributed by atoms with Gasteiger partial charge in [-0.3, -0.25) is 0 Å². The second kappa shape index (κ2) is 5.99. The lowest BCUT2D eigenvalue weighted by atomic mass is 10.0. The van der Waals surface area contributed by atoms with Crippen LogP contribution in [0.3, 0.4) is 0 Å². The van der Waals surface area contributed by atoms with Crippen LogP contribution in [0.2, 0.25) is 5.02 Å². The number of aliphatic hydroxyl groups is 1. The molecule has 0 aliphatic rings. The van der Waals surface area contributed by atoms with E-state index in [-0.39, 0.29) is 11.6 Å². The fraction of sp³-hybridized carbons (Fsp3) is 0.312. The first-order chi connectivity index (χ1) is 10.2. The molecule has 0 amide bonds. The Kier molecular flexibility index (Phi) is 4.61. The van der Waals surface area contributed by atoms with Gasteiger partial charge in [0.05, 0.1) is 11.4 Å². The number of hydrogen-bond donors (Lipinski definition) is 1. The zero-order chi connectivity index (χ0) is 16.5. The van der Waals surface area contributed by atoms with Gasteiger partial charge in [-0.25, -0.2) is 13.4 Å². The molecule has 0 saturated heterocycles. The average Bonchev–Trinajstić information content (AvgIpc) is 2.46. The molecule has 2 aromatic rings. The van der Waals surface area contributed by atoms with Crippen molar-refractivity contribution >= 4 is 21.4 Å². The van der Waals surface area contributed by atoms with Crippen molar-refractivity contribution in [3.8, 4) is 11.1 Å². The van der Waals surface area contributed by atoms with Crippen molar-refractivity contribution in [2.45, 2.75) is 37.2 Å². The van der Waals surface area contributed by atoms with Gasteiger partial charge in [0.2, 0.25) is 0 Å². The second-order valence-electron chi connectivity index (χ2n) is 5.92. The third-order valence-corrected chi connectivity index (χ3v) is 6.16. The van der Waals surface area contributed by atoms with Crippen molar-refractivity contribution in [3.63, 3.8) is 0 Å². The summed E-state index contributed by atoms with van der Waals surface area (Å²) in [5.41, 5.74) is 2.04. The van der Waals surface area contributed by atoms with Crippen molar-refractivity contribution < 1.29 is 13.5 Å². The molecule has 1 N–H and O–H groups in total. The molecule has 0 spiro atoms. The second-order valence-corrected chi connectivity index (χ2v) is 8.98. The maximum absolute atomic E-state index is 12.4. The number of sulfone groups is 1. The first-order valence-electron chi connectivity index (χ1n) is 6.78. The SMILES string of the molecule is CC(C)(C)S(=O)(=O)c1ccc(-c2cccc(Cl)c2CO)cn1. The highest BCUT2D eigenvalue weighted by molar-refractivity contribution is 7.92. The molecule has 0 saturated carbocycles. The topological polar surface area (TPSA) is 67.3 Å². The molecule has 1 aromatic heterocycles. The average molecular weight is 340 g/mol. The van der Waals surface area contributed by atoms with Gasteiger partial charge in [-0.1, -0.05) is 23.7 Å². The van der Waals surface area contributed by atoms with E-state index in [4.69, 9.17) is 11.6 Å². The van der Waals surface area contributed by atoms with Crippen LogP contribution >= 0.6 is 11.6 Å². The molecule has 6 heteroatoms. The lowest BCUT2D eigenvalue weighted by Crippen LogP contribution is -2.28. The molecule has 0 aliphatic heterocycles. The van der Waals surface area contributed by atoms with E-state index >= 15 is 0 Å². The van der Waals surface area contributed by atoms with E-state index in [1.807, 2.05) is 6.07 Å². The minimum absolute atomic E-state index is 0.0383. The standard InChI is InChI=1S/C16H18ClNO3S/c1-16(2,3)22(20,21)15-8-7-11(9-18-15)12-5-4-6-14(17)13(12)10-19/h4-9,19H,10H2,1-3H3. The molecule has 0 bridgehead atoms. The maximum atomic E-state index is 12.4. The van der Waals surface area contributed by atoms with Gasteiger partial charge in [-0.05, 0) is 44.5 Å². The summed E-state index contributed by atoms with van der Waals surface area (Å²) in [4.78, 5) is 4.09. The maximum Gasteiger partial charge on any atom is 0.200 e. The van der Waals surface area contributed by atoms with Crippen molar-refractivity contribution in [1.29, 1.82) is 0 Å². The summed E-state index contributed by atoms with van der Waals surface area (Å²) in [5.74, 6) is 0. The molecule has 0 fully saturated rings. The van der Waals surface area contributed by atoms with Gasteiger partial charge in [-0.15, -0.1) is 0 Å². The molecule has 0 aliphatic carbocycles. The molecular weight excluding hydrogens is 322 g/mol. The number of pyridine rings is 1. The van der Waals surface area contributed by atoms with Gasteiger partial charge >= 0.3 is 0 Å². The third-order valence-electron chi connectivity index (χ3n) is 3.41. The molecule has 0 unspecified atom stereocenters. The quantitative estimate of drug-likeness (QED) is 0.929. The van der Waals surface area contributed by atoms with Gasteiger partial charge in [0.1, 0.15) is 0 Å². The Balaban J connectivity index is 2.49. The monoisotopic (exact) mass is 339 g/mol. The molecule has 22 heavy (non-hydrogen) atoms. The molecule has 4 nitrogen and oxygen atoms in total. The Labute approximate surface area is 135 Å². The normalized spacial score (nSPS) is 12.4. The number of halogens is 1. The Morgan fingerprint density at radius 3 is 2.36 bits per heavy atom. The molecule has 0 atom stereocenters. The Morgan fingerprint density at radius 2 is 1.86 bits per heavy atom. The van der Waals surface area contributed by atoms with Gasteiger partial charge < -0.3 is 5.11 Å². The third kappa shape index (κ3) is 3.02. The fourth-order valence-corrected chi connectivity index (χ4v) is 3.30. The highest BCUT2D eigenvalue weighted by Crippen LogP contribution is 2.30.